The van der Waals surface area contributed by atoms with Gasteiger partial charge < -0.3 is 4.74 Å². The molecule has 0 amide bonds. The molecule has 0 radical (unpaired) electrons. The SMILES string of the molecule is CCCCCCCCCCC1CCC(c2ccc(-c3ccc(OCC)cc3)cc2)CC1. The van der Waals surface area contributed by atoms with Gasteiger partial charge in [-0.2, -0.15) is 0 Å². The first-order valence-corrected chi connectivity index (χ1v) is 13.1. The van der Waals surface area contributed by atoms with Crippen molar-refractivity contribution in [3.63, 3.8) is 0 Å². The molecule has 1 nitrogen and oxygen atoms in total. The Balaban J connectivity index is 1.36. The molecule has 2 aromatic carbocycles. The van der Waals surface area contributed by atoms with Gasteiger partial charge in [0.15, 0.2) is 0 Å². The molecule has 0 saturated heterocycles. The van der Waals surface area contributed by atoms with Gasteiger partial charge in [0.2, 0.25) is 0 Å². The van der Waals surface area contributed by atoms with E-state index < -0.39 is 0 Å². The highest BCUT2D eigenvalue weighted by Crippen LogP contribution is 2.38. The average molecular weight is 421 g/mol. The maximum atomic E-state index is 5.56. The first kappa shape index (κ1) is 23.9. The Labute approximate surface area is 191 Å². The Morgan fingerprint density at radius 3 is 1.77 bits per heavy atom. The molecule has 0 N–H and O–H groups in total. The van der Waals surface area contributed by atoms with Crippen LogP contribution in [0, 0.1) is 5.92 Å². The van der Waals surface area contributed by atoms with Crippen molar-refractivity contribution in [3.05, 3.63) is 54.1 Å². The number of hydrogen-bond donors (Lipinski definition) is 0. The van der Waals surface area contributed by atoms with Gasteiger partial charge in [0.05, 0.1) is 6.61 Å². The summed E-state index contributed by atoms with van der Waals surface area (Å²) < 4.78 is 5.56. The fraction of sp³-hybridized carbons (Fsp3) is 0.600. The highest BCUT2D eigenvalue weighted by atomic mass is 16.5. The van der Waals surface area contributed by atoms with Crippen LogP contribution in [0.25, 0.3) is 11.1 Å². The van der Waals surface area contributed by atoms with Crippen LogP contribution in [0.3, 0.4) is 0 Å². The summed E-state index contributed by atoms with van der Waals surface area (Å²) in [5.74, 6) is 2.70. The summed E-state index contributed by atoms with van der Waals surface area (Å²) in [6.45, 7) is 5.04. The molecule has 1 heteroatoms. The van der Waals surface area contributed by atoms with Crippen molar-refractivity contribution < 1.29 is 4.74 Å². The predicted molar refractivity (Wildman–Crippen MR) is 135 cm³/mol. The molecule has 1 saturated carbocycles. The molecule has 1 fully saturated rings. The Bertz CT molecular complexity index is 707. The third kappa shape index (κ3) is 8.02. The molecule has 3 rings (SSSR count). The van der Waals surface area contributed by atoms with E-state index in [0.29, 0.717) is 0 Å². The molecule has 1 aliphatic carbocycles. The van der Waals surface area contributed by atoms with E-state index in [1.807, 2.05) is 6.92 Å². The molecule has 0 bridgehead atoms. The second-order valence-corrected chi connectivity index (χ2v) is 9.56. The van der Waals surface area contributed by atoms with Gasteiger partial charge in [-0.3, -0.25) is 0 Å². The Morgan fingerprint density at radius 2 is 1.19 bits per heavy atom. The average Bonchev–Trinajstić information content (AvgIpc) is 2.82. The molecule has 0 atom stereocenters. The molecule has 2 aromatic rings. The lowest BCUT2D eigenvalue weighted by atomic mass is 9.77. The van der Waals surface area contributed by atoms with Crippen molar-refractivity contribution in [2.45, 2.75) is 103 Å². The number of rotatable bonds is 13. The van der Waals surface area contributed by atoms with Gasteiger partial charge in [-0.1, -0.05) is 101 Å². The van der Waals surface area contributed by atoms with E-state index >= 15 is 0 Å². The maximum absolute atomic E-state index is 5.56. The summed E-state index contributed by atoms with van der Waals surface area (Å²) >= 11 is 0. The quantitative estimate of drug-likeness (QED) is 0.293. The van der Waals surface area contributed by atoms with Gasteiger partial charge in [-0.25, -0.2) is 0 Å². The molecule has 170 valence electrons. The zero-order valence-electron chi connectivity index (χ0n) is 20.1. The zero-order valence-corrected chi connectivity index (χ0v) is 20.1. The minimum absolute atomic E-state index is 0.718. The maximum Gasteiger partial charge on any atom is 0.119 e. The van der Waals surface area contributed by atoms with Crippen LogP contribution >= 0.6 is 0 Å². The van der Waals surface area contributed by atoms with E-state index in [9.17, 15) is 0 Å². The fourth-order valence-corrected chi connectivity index (χ4v) is 5.21. The van der Waals surface area contributed by atoms with Crippen LogP contribution in [0.4, 0.5) is 0 Å². The Hall–Kier alpha value is -1.76. The van der Waals surface area contributed by atoms with Gasteiger partial charge in [0.25, 0.3) is 0 Å². The zero-order chi connectivity index (χ0) is 21.7. The van der Waals surface area contributed by atoms with Crippen LogP contribution in [0.1, 0.15) is 109 Å². The first-order chi connectivity index (χ1) is 15.3. The topological polar surface area (TPSA) is 9.23 Å². The second kappa shape index (κ2) is 13.6. The first-order valence-electron chi connectivity index (χ1n) is 13.1. The standard InChI is InChI=1S/C30H44O/c1-3-5-6-7-8-9-10-11-12-25-13-15-26(16-14-25)27-17-19-28(20-18-27)29-21-23-30(24-22-29)31-4-2/h17-26H,3-16H2,1-2H3. The van der Waals surface area contributed by atoms with Gasteiger partial charge in [0.1, 0.15) is 5.75 Å². The van der Waals surface area contributed by atoms with E-state index in [1.54, 1.807) is 5.56 Å². The molecule has 0 aromatic heterocycles. The lowest BCUT2D eigenvalue weighted by Crippen LogP contribution is -2.13. The normalized spacial score (nSPS) is 18.8. The fourth-order valence-electron chi connectivity index (χ4n) is 5.21. The number of unbranched alkanes of at least 4 members (excludes halogenated alkanes) is 7. The van der Waals surface area contributed by atoms with E-state index in [1.165, 1.54) is 94.6 Å². The van der Waals surface area contributed by atoms with Crippen molar-refractivity contribution in [2.75, 3.05) is 6.61 Å². The van der Waals surface area contributed by atoms with Gasteiger partial charge in [0, 0.05) is 0 Å². The smallest absolute Gasteiger partial charge is 0.119 e. The number of benzene rings is 2. The molecular weight excluding hydrogens is 376 g/mol. The molecule has 0 aliphatic heterocycles. The molecule has 0 heterocycles. The van der Waals surface area contributed by atoms with Crippen LogP contribution in [0.2, 0.25) is 0 Å². The molecule has 0 unspecified atom stereocenters. The lowest BCUT2D eigenvalue weighted by Gasteiger charge is -2.29. The van der Waals surface area contributed by atoms with E-state index in [0.717, 1.165) is 24.2 Å². The van der Waals surface area contributed by atoms with E-state index in [4.69, 9.17) is 4.74 Å². The number of ether oxygens (including phenoxy) is 1. The minimum Gasteiger partial charge on any atom is -0.494 e. The largest absolute Gasteiger partial charge is 0.494 e. The van der Waals surface area contributed by atoms with Crippen LogP contribution in [-0.4, -0.2) is 6.61 Å². The third-order valence-corrected chi connectivity index (χ3v) is 7.19. The monoisotopic (exact) mass is 420 g/mol. The van der Waals surface area contributed by atoms with Crippen molar-refractivity contribution in [2.24, 2.45) is 5.92 Å². The Kier molecular flexibility index (Phi) is 10.5. The molecular formula is C30H44O. The highest BCUT2D eigenvalue weighted by Gasteiger charge is 2.22. The summed E-state index contributed by atoms with van der Waals surface area (Å²) in [6.07, 6.45) is 18.6. The van der Waals surface area contributed by atoms with Crippen molar-refractivity contribution in [3.8, 4) is 16.9 Å². The minimum atomic E-state index is 0.718. The van der Waals surface area contributed by atoms with Crippen LogP contribution in [0.15, 0.2) is 48.5 Å². The second-order valence-electron chi connectivity index (χ2n) is 9.56. The third-order valence-electron chi connectivity index (χ3n) is 7.19. The summed E-state index contributed by atoms with van der Waals surface area (Å²) in [5.41, 5.74) is 4.11. The molecule has 1 aliphatic rings. The van der Waals surface area contributed by atoms with Crippen LogP contribution in [0.5, 0.6) is 5.75 Å². The van der Waals surface area contributed by atoms with E-state index in [-0.39, 0.29) is 0 Å². The summed E-state index contributed by atoms with van der Waals surface area (Å²) in [5, 5.41) is 0. The summed E-state index contributed by atoms with van der Waals surface area (Å²) in [6, 6.07) is 17.8. The van der Waals surface area contributed by atoms with Gasteiger partial charge in [-0.15, -0.1) is 0 Å². The van der Waals surface area contributed by atoms with Gasteiger partial charge >= 0.3 is 0 Å². The van der Waals surface area contributed by atoms with E-state index in [2.05, 4.69) is 55.5 Å². The van der Waals surface area contributed by atoms with Gasteiger partial charge in [-0.05, 0) is 73.3 Å². The van der Waals surface area contributed by atoms with Crippen LogP contribution < -0.4 is 4.74 Å². The van der Waals surface area contributed by atoms with Crippen molar-refractivity contribution >= 4 is 0 Å². The van der Waals surface area contributed by atoms with Crippen molar-refractivity contribution in [1.82, 2.24) is 0 Å². The molecule has 0 spiro atoms. The van der Waals surface area contributed by atoms with Crippen molar-refractivity contribution in [1.29, 1.82) is 0 Å². The summed E-state index contributed by atoms with van der Waals surface area (Å²) in [4.78, 5) is 0. The highest BCUT2D eigenvalue weighted by molar-refractivity contribution is 5.64. The molecule has 31 heavy (non-hydrogen) atoms. The van der Waals surface area contributed by atoms with Crippen LogP contribution in [-0.2, 0) is 0 Å². The lowest BCUT2D eigenvalue weighted by molar-refractivity contribution is 0.302. The number of hydrogen-bond acceptors (Lipinski definition) is 1. The Morgan fingerprint density at radius 1 is 0.645 bits per heavy atom. The predicted octanol–water partition coefficient (Wildman–Crippen LogP) is 9.56. The summed E-state index contributed by atoms with van der Waals surface area (Å²) in [7, 11) is 0.